The summed E-state index contributed by atoms with van der Waals surface area (Å²) in [5, 5.41) is 7.22. The molecule has 5 rings (SSSR count). The molecule has 2 aliphatic rings. The van der Waals surface area contributed by atoms with E-state index in [4.69, 9.17) is 0 Å². The molecule has 2 aromatic heterocycles. The molecule has 4 heterocycles. The number of hydrogen-bond acceptors (Lipinski definition) is 4. The lowest BCUT2D eigenvalue weighted by Gasteiger charge is -2.42. The van der Waals surface area contributed by atoms with E-state index in [1.807, 2.05) is 59.0 Å². The first-order valence-electron chi connectivity index (χ1n) is 11.8. The Morgan fingerprint density at radius 2 is 1.88 bits per heavy atom. The predicted octanol–water partition coefficient (Wildman–Crippen LogP) is 2.64. The molecule has 176 valence electrons. The second-order valence-electron chi connectivity index (χ2n) is 9.33. The van der Waals surface area contributed by atoms with Gasteiger partial charge in [-0.25, -0.2) is 4.68 Å². The van der Waals surface area contributed by atoms with Crippen molar-refractivity contribution in [2.75, 3.05) is 13.1 Å². The van der Waals surface area contributed by atoms with E-state index in [0.717, 1.165) is 23.4 Å². The number of nitrogens with zero attached hydrogens (tertiary/aromatic N) is 4. The van der Waals surface area contributed by atoms with Crippen molar-refractivity contribution in [2.45, 2.75) is 44.7 Å². The number of rotatable bonds is 6. The zero-order valence-corrected chi connectivity index (χ0v) is 19.3. The normalized spacial score (nSPS) is 19.9. The topological polar surface area (TPSA) is 89.2 Å². The van der Waals surface area contributed by atoms with E-state index in [0.29, 0.717) is 19.6 Å². The highest BCUT2D eigenvalue weighted by atomic mass is 16.2. The first-order valence-corrected chi connectivity index (χ1v) is 11.8. The molecule has 1 aromatic carbocycles. The quantitative estimate of drug-likeness (QED) is 0.614. The smallest absolute Gasteiger partial charge is 0.250 e. The number of fused-ring (bicyclic) bond motifs is 4. The zero-order chi connectivity index (χ0) is 23.7. The number of hydrogen-bond donors (Lipinski definition) is 1. The van der Waals surface area contributed by atoms with Gasteiger partial charge in [0.05, 0.1) is 11.7 Å². The van der Waals surface area contributed by atoms with Gasteiger partial charge in [0.1, 0.15) is 0 Å². The Morgan fingerprint density at radius 3 is 2.65 bits per heavy atom. The molecule has 2 bridgehead atoms. The number of carbonyl (C=O) groups excluding carboxylic acids is 2. The van der Waals surface area contributed by atoms with Gasteiger partial charge >= 0.3 is 0 Å². The molecule has 2 amide bonds. The monoisotopic (exact) mass is 459 g/mol. The van der Waals surface area contributed by atoms with Crippen molar-refractivity contribution >= 4 is 11.8 Å². The Balaban J connectivity index is 1.13. The van der Waals surface area contributed by atoms with Crippen LogP contribution in [0.1, 0.15) is 49.4 Å². The van der Waals surface area contributed by atoms with Crippen molar-refractivity contribution in [1.29, 1.82) is 0 Å². The van der Waals surface area contributed by atoms with Crippen LogP contribution in [-0.2, 0) is 16.1 Å². The minimum Gasteiger partial charge on any atom is -0.350 e. The number of nitrogens with one attached hydrogen (secondary N) is 1. The van der Waals surface area contributed by atoms with E-state index in [2.05, 4.69) is 10.4 Å². The van der Waals surface area contributed by atoms with Crippen LogP contribution in [-0.4, -0.2) is 44.2 Å². The standard InChI is InChI=1S/C26H29N5O3/c1-18(20-6-8-22(9-7-20)31-13-3-12-27-31)28-24(32)10-11-25(33)29-15-19-14-21(17-29)23-4-2-5-26(34)30(23)16-19/h2-9,12-13,18-19,21H,10-11,14-17H2,1H3,(H,28,32)/t18-,19?,21?/m1/s1. The van der Waals surface area contributed by atoms with Gasteiger partial charge in [-0.15, -0.1) is 0 Å². The molecule has 2 unspecified atom stereocenters. The van der Waals surface area contributed by atoms with Crippen LogP contribution in [0.3, 0.4) is 0 Å². The maximum atomic E-state index is 12.9. The van der Waals surface area contributed by atoms with Crippen LogP contribution in [0.4, 0.5) is 0 Å². The number of benzene rings is 1. The molecular weight excluding hydrogens is 430 g/mol. The molecule has 1 N–H and O–H groups in total. The summed E-state index contributed by atoms with van der Waals surface area (Å²) in [4.78, 5) is 39.5. The summed E-state index contributed by atoms with van der Waals surface area (Å²) < 4.78 is 3.64. The fourth-order valence-electron chi connectivity index (χ4n) is 5.21. The Hall–Kier alpha value is -3.68. The molecule has 34 heavy (non-hydrogen) atoms. The highest BCUT2D eigenvalue weighted by Crippen LogP contribution is 2.35. The largest absolute Gasteiger partial charge is 0.350 e. The molecule has 8 heteroatoms. The minimum atomic E-state index is -0.154. The van der Waals surface area contributed by atoms with Crippen LogP contribution in [0.25, 0.3) is 5.69 Å². The fourth-order valence-corrected chi connectivity index (χ4v) is 5.21. The van der Waals surface area contributed by atoms with Crippen molar-refractivity contribution < 1.29 is 9.59 Å². The third-order valence-corrected chi connectivity index (χ3v) is 6.94. The molecule has 2 aliphatic heterocycles. The van der Waals surface area contributed by atoms with Gasteiger partial charge < -0.3 is 14.8 Å². The summed E-state index contributed by atoms with van der Waals surface area (Å²) in [6.07, 6.45) is 4.97. The van der Waals surface area contributed by atoms with Gasteiger partial charge in [-0.1, -0.05) is 18.2 Å². The molecule has 8 nitrogen and oxygen atoms in total. The molecule has 1 saturated heterocycles. The van der Waals surface area contributed by atoms with Crippen molar-refractivity contribution in [3.63, 3.8) is 0 Å². The summed E-state index contributed by atoms with van der Waals surface area (Å²) >= 11 is 0. The van der Waals surface area contributed by atoms with Crippen molar-refractivity contribution in [1.82, 2.24) is 24.6 Å². The van der Waals surface area contributed by atoms with Crippen LogP contribution in [0.2, 0.25) is 0 Å². The second kappa shape index (κ2) is 9.29. The number of amides is 2. The first-order chi connectivity index (χ1) is 16.5. The van der Waals surface area contributed by atoms with Crippen LogP contribution in [0, 0.1) is 5.92 Å². The third-order valence-electron chi connectivity index (χ3n) is 6.94. The van der Waals surface area contributed by atoms with E-state index >= 15 is 0 Å². The van der Waals surface area contributed by atoms with Gasteiger partial charge in [0, 0.05) is 62.5 Å². The average molecular weight is 460 g/mol. The SMILES string of the molecule is C[C@@H](NC(=O)CCC(=O)N1CC2CC(C1)c1cccc(=O)n1C2)c1ccc(-n2cccn2)cc1. The van der Waals surface area contributed by atoms with Crippen LogP contribution < -0.4 is 10.9 Å². The van der Waals surface area contributed by atoms with Gasteiger partial charge in [-0.05, 0) is 49.1 Å². The molecule has 1 fully saturated rings. The predicted molar refractivity (Wildman–Crippen MR) is 127 cm³/mol. The van der Waals surface area contributed by atoms with Gasteiger partial charge in [0.25, 0.3) is 5.56 Å². The lowest BCUT2D eigenvalue weighted by atomic mass is 9.83. The van der Waals surface area contributed by atoms with Gasteiger partial charge in [-0.2, -0.15) is 5.10 Å². The Kier molecular flexibility index (Phi) is 6.04. The van der Waals surface area contributed by atoms with Gasteiger partial charge in [0.2, 0.25) is 11.8 Å². The number of likely N-dealkylation sites (tertiary alicyclic amines) is 1. The molecular formula is C26H29N5O3. The van der Waals surface area contributed by atoms with Gasteiger partial charge in [0.15, 0.2) is 0 Å². The van der Waals surface area contributed by atoms with E-state index < -0.39 is 0 Å². The zero-order valence-electron chi connectivity index (χ0n) is 19.3. The highest BCUT2D eigenvalue weighted by Gasteiger charge is 2.36. The summed E-state index contributed by atoms with van der Waals surface area (Å²) in [5.41, 5.74) is 3.00. The van der Waals surface area contributed by atoms with Gasteiger partial charge in [-0.3, -0.25) is 14.4 Å². The number of pyridine rings is 1. The van der Waals surface area contributed by atoms with E-state index in [-0.39, 0.29) is 48.1 Å². The van der Waals surface area contributed by atoms with Crippen LogP contribution in [0.5, 0.6) is 0 Å². The Bertz CT molecular complexity index is 1230. The fraction of sp³-hybridized carbons (Fsp3) is 0.385. The average Bonchev–Trinajstić information content (AvgIpc) is 3.38. The number of carbonyl (C=O) groups is 2. The van der Waals surface area contributed by atoms with E-state index in [9.17, 15) is 14.4 Å². The Morgan fingerprint density at radius 1 is 1.06 bits per heavy atom. The highest BCUT2D eigenvalue weighted by molar-refractivity contribution is 5.84. The molecule has 0 radical (unpaired) electrons. The molecule has 0 aliphatic carbocycles. The van der Waals surface area contributed by atoms with Crippen molar-refractivity contribution in [3.05, 3.63) is 82.5 Å². The third kappa shape index (κ3) is 4.53. The summed E-state index contributed by atoms with van der Waals surface area (Å²) in [6, 6.07) is 15.0. The van der Waals surface area contributed by atoms with E-state index in [1.54, 1.807) is 23.0 Å². The minimum absolute atomic E-state index is 0.00723. The number of aromatic nitrogens is 3. The van der Waals surface area contributed by atoms with Crippen molar-refractivity contribution in [2.24, 2.45) is 5.92 Å². The maximum absolute atomic E-state index is 12.9. The van der Waals surface area contributed by atoms with Crippen LogP contribution in [0.15, 0.2) is 65.7 Å². The summed E-state index contributed by atoms with van der Waals surface area (Å²) in [5.74, 6) is 0.344. The first kappa shape index (κ1) is 22.1. The molecule has 3 aromatic rings. The lowest BCUT2D eigenvalue weighted by molar-refractivity contribution is -0.136. The molecule has 0 saturated carbocycles. The summed E-state index contributed by atoms with van der Waals surface area (Å²) in [7, 11) is 0. The number of piperidine rings is 1. The van der Waals surface area contributed by atoms with Crippen molar-refractivity contribution in [3.8, 4) is 5.69 Å². The Labute approximate surface area is 198 Å². The van der Waals surface area contributed by atoms with E-state index in [1.165, 1.54) is 0 Å². The lowest BCUT2D eigenvalue weighted by Crippen LogP contribution is -2.49. The molecule has 0 spiro atoms. The summed E-state index contributed by atoms with van der Waals surface area (Å²) in [6.45, 7) is 3.86. The maximum Gasteiger partial charge on any atom is 0.250 e. The van der Waals surface area contributed by atoms with Crippen LogP contribution >= 0.6 is 0 Å². The molecule has 3 atom stereocenters. The second-order valence-corrected chi connectivity index (χ2v) is 9.33.